The zero-order chi connectivity index (χ0) is 26.8. The first-order valence-electron chi connectivity index (χ1n) is 12.6. The number of carbonyl (C=O) groups is 1. The molecule has 196 valence electrons. The molecule has 1 aliphatic carbocycles. The average molecular weight is 506 g/mol. The van der Waals surface area contributed by atoms with Gasteiger partial charge in [-0.05, 0) is 76.3 Å². The Balaban J connectivity index is 0.00000145. The van der Waals surface area contributed by atoms with Crippen LogP contribution in [-0.4, -0.2) is 24.3 Å². The van der Waals surface area contributed by atoms with Gasteiger partial charge in [-0.1, -0.05) is 45.7 Å². The normalized spacial score (nSPS) is 15.5. The van der Waals surface area contributed by atoms with Crippen LogP contribution in [0.25, 0.3) is 0 Å². The van der Waals surface area contributed by atoms with Gasteiger partial charge in [0.25, 0.3) is 0 Å². The summed E-state index contributed by atoms with van der Waals surface area (Å²) in [7, 11) is 1.68. The average Bonchev–Trinajstić information content (AvgIpc) is 2.87. The molecule has 2 atom stereocenters. The Hall–Kier alpha value is -2.12. The number of fused-ring (bicyclic) bond motifs is 1. The third-order valence-electron chi connectivity index (χ3n) is 6.14. The van der Waals surface area contributed by atoms with E-state index in [1.807, 2.05) is 67.7 Å². The van der Waals surface area contributed by atoms with E-state index < -0.39 is 11.6 Å². The number of hydrogen-bond acceptors (Lipinski definition) is 5. The highest BCUT2D eigenvalue weighted by atomic mass is 32.2. The minimum absolute atomic E-state index is 0.0391. The molecule has 2 aromatic rings. The second-order valence-corrected chi connectivity index (χ2v) is 9.29. The summed E-state index contributed by atoms with van der Waals surface area (Å²) >= 11 is 1.42. The lowest BCUT2D eigenvalue weighted by molar-refractivity contribution is -0.126. The number of benzene rings is 1. The van der Waals surface area contributed by atoms with Crippen molar-refractivity contribution in [1.29, 1.82) is 0 Å². The Morgan fingerprint density at radius 1 is 1.23 bits per heavy atom. The molecule has 2 N–H and O–H groups in total. The van der Waals surface area contributed by atoms with Gasteiger partial charge in [0.15, 0.2) is 0 Å². The molecule has 2 unspecified atom stereocenters. The van der Waals surface area contributed by atoms with Gasteiger partial charge in [0.1, 0.15) is 11.4 Å². The number of methoxy groups -OCH3 is 1. The smallest absolute Gasteiger partial charge is 0.223 e. The number of halogens is 1. The monoisotopic (exact) mass is 505 g/mol. The number of ether oxygens (including phenoxy) is 1. The van der Waals surface area contributed by atoms with Crippen LogP contribution >= 0.6 is 11.9 Å². The lowest BCUT2D eigenvalue weighted by Crippen LogP contribution is -2.36. The van der Waals surface area contributed by atoms with Crippen LogP contribution in [0.4, 0.5) is 10.1 Å². The predicted octanol–water partition coefficient (Wildman–Crippen LogP) is 7.14. The number of rotatable bonds is 7. The molecule has 0 saturated heterocycles. The van der Waals surface area contributed by atoms with Gasteiger partial charge in [-0.2, -0.15) is 0 Å². The Labute approximate surface area is 216 Å². The highest BCUT2D eigenvalue weighted by Gasteiger charge is 2.29. The molecule has 0 aliphatic heterocycles. The van der Waals surface area contributed by atoms with E-state index in [2.05, 4.69) is 16.1 Å². The van der Waals surface area contributed by atoms with Crippen molar-refractivity contribution in [2.24, 2.45) is 5.92 Å². The lowest BCUT2D eigenvalue weighted by Gasteiger charge is -2.28. The van der Waals surface area contributed by atoms with Crippen molar-refractivity contribution in [3.8, 4) is 0 Å². The first kappa shape index (κ1) is 30.9. The van der Waals surface area contributed by atoms with E-state index in [-0.39, 0.29) is 17.6 Å². The molecule has 0 radical (unpaired) electrons. The standard InChI is InChI=1S/C24H32FN3O2S.2C2H6/c1-14-11-18(19(25)13-21(14)28-31-6)15(2)26-23(29)17-7-9-20-16(12-17)8-10-22(27-20)24(3,4)30-5;2*1-2/h8,10-11,13,15,17,28H,7,9,12H2,1-6H3,(H,26,29);2*1-2H3. The van der Waals surface area contributed by atoms with E-state index in [1.165, 1.54) is 18.0 Å². The molecule has 0 fully saturated rings. The van der Waals surface area contributed by atoms with E-state index >= 15 is 0 Å². The summed E-state index contributed by atoms with van der Waals surface area (Å²) in [5.74, 6) is -0.496. The van der Waals surface area contributed by atoms with E-state index in [0.29, 0.717) is 12.0 Å². The zero-order valence-electron chi connectivity index (χ0n) is 23.1. The Bertz CT molecular complexity index is 965. The van der Waals surface area contributed by atoms with Gasteiger partial charge >= 0.3 is 0 Å². The number of pyridine rings is 1. The summed E-state index contributed by atoms with van der Waals surface area (Å²) in [6, 6.07) is 6.93. The molecule has 1 amide bonds. The van der Waals surface area contributed by atoms with Gasteiger partial charge in [-0.25, -0.2) is 4.39 Å². The molecule has 1 aromatic heterocycles. The molecular formula is C28H44FN3O2S. The Morgan fingerprint density at radius 3 is 2.49 bits per heavy atom. The molecule has 5 nitrogen and oxygen atoms in total. The summed E-state index contributed by atoms with van der Waals surface area (Å²) in [6.07, 6.45) is 4.02. The number of anilines is 1. The van der Waals surface area contributed by atoms with Gasteiger partial charge < -0.3 is 14.8 Å². The van der Waals surface area contributed by atoms with Crippen molar-refractivity contribution in [2.45, 2.75) is 86.3 Å². The van der Waals surface area contributed by atoms with E-state index in [9.17, 15) is 9.18 Å². The fourth-order valence-electron chi connectivity index (χ4n) is 3.94. The molecule has 1 aromatic carbocycles. The number of carbonyl (C=O) groups excluding carboxylic acids is 1. The molecule has 35 heavy (non-hydrogen) atoms. The van der Waals surface area contributed by atoms with Gasteiger partial charge in [0, 0.05) is 36.2 Å². The quantitative estimate of drug-likeness (QED) is 0.392. The van der Waals surface area contributed by atoms with Crippen molar-refractivity contribution in [1.82, 2.24) is 10.3 Å². The Morgan fingerprint density at radius 2 is 1.89 bits per heavy atom. The maximum Gasteiger partial charge on any atom is 0.223 e. The van der Waals surface area contributed by atoms with Crippen molar-refractivity contribution in [3.05, 3.63) is 58.2 Å². The van der Waals surface area contributed by atoms with Crippen LogP contribution in [0.5, 0.6) is 0 Å². The SMILES string of the molecule is CC.CC.COC(C)(C)c1ccc2c(n1)CCC(C(=O)NC(C)c1cc(C)c(NSC)cc1F)C2. The third-order valence-corrected chi connectivity index (χ3v) is 6.57. The maximum atomic E-state index is 14.6. The Kier molecular flexibility index (Phi) is 12.8. The molecule has 3 rings (SSSR count). The maximum absolute atomic E-state index is 14.6. The second-order valence-electron chi connectivity index (χ2n) is 8.68. The molecule has 1 aliphatic rings. The first-order valence-corrected chi connectivity index (χ1v) is 13.8. The van der Waals surface area contributed by atoms with Crippen LogP contribution < -0.4 is 10.0 Å². The van der Waals surface area contributed by atoms with Crippen molar-refractivity contribution in [2.75, 3.05) is 18.1 Å². The lowest BCUT2D eigenvalue weighted by atomic mass is 9.85. The van der Waals surface area contributed by atoms with Crippen LogP contribution in [0.1, 0.15) is 89.0 Å². The number of nitrogens with one attached hydrogen (secondary N) is 2. The molecule has 0 spiro atoms. The van der Waals surface area contributed by atoms with Gasteiger partial charge in [-0.3, -0.25) is 9.78 Å². The van der Waals surface area contributed by atoms with Crippen LogP contribution in [0.2, 0.25) is 0 Å². The summed E-state index contributed by atoms with van der Waals surface area (Å²) in [5.41, 5.74) is 4.79. The number of hydrogen-bond donors (Lipinski definition) is 2. The molecule has 7 heteroatoms. The predicted molar refractivity (Wildman–Crippen MR) is 147 cm³/mol. The fourth-order valence-corrected chi connectivity index (χ4v) is 4.38. The number of aryl methyl sites for hydroxylation is 2. The summed E-state index contributed by atoms with van der Waals surface area (Å²) in [5, 5.41) is 3.02. The van der Waals surface area contributed by atoms with Crippen LogP contribution in [0.15, 0.2) is 24.3 Å². The largest absolute Gasteiger partial charge is 0.373 e. The topological polar surface area (TPSA) is 63.2 Å². The van der Waals surface area contributed by atoms with Crippen molar-refractivity contribution >= 4 is 23.5 Å². The second kappa shape index (κ2) is 14.4. The van der Waals surface area contributed by atoms with Crippen LogP contribution in [0.3, 0.4) is 0 Å². The van der Waals surface area contributed by atoms with Crippen LogP contribution in [-0.2, 0) is 28.0 Å². The fraction of sp³-hybridized carbons (Fsp3) is 0.571. The summed E-state index contributed by atoms with van der Waals surface area (Å²) in [6.45, 7) is 15.7. The number of nitrogens with zero attached hydrogens (tertiary/aromatic N) is 1. The van der Waals surface area contributed by atoms with E-state index in [4.69, 9.17) is 9.72 Å². The minimum atomic E-state index is -0.443. The summed E-state index contributed by atoms with van der Waals surface area (Å²) < 4.78 is 23.3. The number of amides is 1. The third kappa shape index (κ3) is 7.94. The molecule has 1 heterocycles. The zero-order valence-corrected chi connectivity index (χ0v) is 24.0. The molecular weight excluding hydrogens is 461 g/mol. The highest BCUT2D eigenvalue weighted by Crippen LogP contribution is 2.30. The van der Waals surface area contributed by atoms with Crippen LogP contribution in [0, 0.1) is 18.7 Å². The van der Waals surface area contributed by atoms with Gasteiger partial charge in [-0.15, -0.1) is 0 Å². The summed E-state index contributed by atoms with van der Waals surface area (Å²) in [4.78, 5) is 17.7. The first-order chi connectivity index (χ1) is 16.7. The molecule has 0 saturated carbocycles. The van der Waals surface area contributed by atoms with E-state index in [1.54, 1.807) is 13.2 Å². The van der Waals surface area contributed by atoms with Crippen molar-refractivity contribution < 1.29 is 13.9 Å². The van der Waals surface area contributed by atoms with E-state index in [0.717, 1.165) is 41.0 Å². The highest BCUT2D eigenvalue weighted by molar-refractivity contribution is 7.99. The minimum Gasteiger partial charge on any atom is -0.373 e. The van der Waals surface area contributed by atoms with Gasteiger partial charge in [0.05, 0.1) is 11.7 Å². The van der Waals surface area contributed by atoms with Crippen molar-refractivity contribution in [3.63, 3.8) is 0 Å². The number of aromatic nitrogens is 1. The molecule has 0 bridgehead atoms. The van der Waals surface area contributed by atoms with Gasteiger partial charge in [0.2, 0.25) is 5.91 Å².